The Bertz CT molecular complexity index is 667. The highest BCUT2D eigenvalue weighted by atomic mass is 16.5. The maximum Gasteiger partial charge on any atom is 0.275 e. The Morgan fingerprint density at radius 3 is 2.70 bits per heavy atom. The number of benzene rings is 1. The molecular weight excluding hydrogens is 292 g/mol. The van der Waals surface area contributed by atoms with Crippen LogP contribution in [0.5, 0.6) is 0 Å². The maximum absolute atomic E-state index is 12.3. The molecule has 1 N–H and O–H groups in total. The van der Waals surface area contributed by atoms with Crippen molar-refractivity contribution in [3.05, 3.63) is 47.9 Å². The largest absolute Gasteiger partial charge is 0.378 e. The van der Waals surface area contributed by atoms with Gasteiger partial charge in [0.15, 0.2) is 0 Å². The lowest BCUT2D eigenvalue weighted by atomic mass is 10.1. The van der Waals surface area contributed by atoms with E-state index in [1.807, 2.05) is 24.3 Å². The SMILES string of the molecule is CCc1ccccc1NC(=O)c1cnc(N2CCOCC2)cn1. The molecule has 0 unspecified atom stereocenters. The molecule has 0 saturated carbocycles. The van der Waals surface area contributed by atoms with Crippen LogP contribution in [0.4, 0.5) is 11.5 Å². The second kappa shape index (κ2) is 7.19. The van der Waals surface area contributed by atoms with Gasteiger partial charge in [-0.1, -0.05) is 25.1 Å². The van der Waals surface area contributed by atoms with Crippen molar-refractivity contribution >= 4 is 17.4 Å². The van der Waals surface area contributed by atoms with Crippen LogP contribution in [0.1, 0.15) is 23.0 Å². The molecule has 1 aromatic heterocycles. The Balaban J connectivity index is 1.70. The summed E-state index contributed by atoms with van der Waals surface area (Å²) in [7, 11) is 0. The quantitative estimate of drug-likeness (QED) is 0.937. The second-order valence-electron chi connectivity index (χ2n) is 5.32. The summed E-state index contributed by atoms with van der Waals surface area (Å²) in [6.07, 6.45) is 4.03. The van der Waals surface area contributed by atoms with Crippen LogP contribution >= 0.6 is 0 Å². The number of hydrogen-bond acceptors (Lipinski definition) is 5. The summed E-state index contributed by atoms with van der Waals surface area (Å²) in [5.41, 5.74) is 2.23. The van der Waals surface area contributed by atoms with Crippen LogP contribution in [-0.2, 0) is 11.2 Å². The number of amides is 1. The van der Waals surface area contributed by atoms with Gasteiger partial charge in [-0.15, -0.1) is 0 Å². The molecule has 1 saturated heterocycles. The fourth-order valence-electron chi connectivity index (χ4n) is 2.53. The smallest absolute Gasteiger partial charge is 0.275 e. The molecule has 23 heavy (non-hydrogen) atoms. The third-order valence-electron chi connectivity index (χ3n) is 3.85. The van der Waals surface area contributed by atoms with Crippen LogP contribution < -0.4 is 10.2 Å². The molecule has 0 radical (unpaired) electrons. The van der Waals surface area contributed by atoms with Crippen molar-refractivity contribution in [1.82, 2.24) is 9.97 Å². The lowest BCUT2D eigenvalue weighted by Crippen LogP contribution is -2.36. The van der Waals surface area contributed by atoms with Gasteiger partial charge in [0, 0.05) is 18.8 Å². The average Bonchev–Trinajstić information content (AvgIpc) is 2.63. The normalized spacial score (nSPS) is 14.6. The number of hydrogen-bond donors (Lipinski definition) is 1. The van der Waals surface area contributed by atoms with E-state index in [0.717, 1.165) is 36.6 Å². The molecule has 0 bridgehead atoms. The standard InChI is InChI=1S/C17H20N4O2/c1-2-13-5-3-4-6-14(13)20-17(22)15-11-19-16(12-18-15)21-7-9-23-10-8-21/h3-6,11-12H,2,7-10H2,1H3,(H,20,22). The third kappa shape index (κ3) is 3.65. The summed E-state index contributed by atoms with van der Waals surface area (Å²) in [6, 6.07) is 7.77. The van der Waals surface area contributed by atoms with E-state index in [2.05, 4.69) is 27.1 Å². The Kier molecular flexibility index (Phi) is 4.83. The fraction of sp³-hybridized carbons (Fsp3) is 0.353. The lowest BCUT2D eigenvalue weighted by molar-refractivity contribution is 0.102. The molecule has 6 heteroatoms. The van der Waals surface area contributed by atoms with Crippen LogP contribution in [-0.4, -0.2) is 42.2 Å². The molecule has 0 aliphatic carbocycles. The zero-order chi connectivity index (χ0) is 16.1. The van der Waals surface area contributed by atoms with Gasteiger partial charge >= 0.3 is 0 Å². The van der Waals surface area contributed by atoms with Crippen LogP contribution in [0.15, 0.2) is 36.7 Å². The van der Waals surface area contributed by atoms with E-state index in [4.69, 9.17) is 4.74 Å². The van der Waals surface area contributed by atoms with E-state index in [1.54, 1.807) is 6.20 Å². The summed E-state index contributed by atoms with van der Waals surface area (Å²) >= 11 is 0. The third-order valence-corrected chi connectivity index (χ3v) is 3.85. The first-order valence-electron chi connectivity index (χ1n) is 7.82. The van der Waals surface area contributed by atoms with Crippen molar-refractivity contribution in [2.24, 2.45) is 0 Å². The van der Waals surface area contributed by atoms with Crippen LogP contribution in [0.2, 0.25) is 0 Å². The minimum absolute atomic E-state index is 0.244. The van der Waals surface area contributed by atoms with E-state index in [-0.39, 0.29) is 5.91 Å². The number of rotatable bonds is 4. The zero-order valence-electron chi connectivity index (χ0n) is 13.2. The van der Waals surface area contributed by atoms with Gasteiger partial charge < -0.3 is 15.0 Å². The van der Waals surface area contributed by atoms with Gasteiger partial charge in [0.1, 0.15) is 11.5 Å². The number of ether oxygens (including phenoxy) is 1. The molecule has 1 amide bonds. The van der Waals surface area contributed by atoms with Crippen LogP contribution in [0.3, 0.4) is 0 Å². The first-order valence-corrected chi connectivity index (χ1v) is 7.82. The maximum atomic E-state index is 12.3. The number of para-hydroxylation sites is 1. The van der Waals surface area contributed by atoms with Crippen LogP contribution in [0.25, 0.3) is 0 Å². The molecule has 6 nitrogen and oxygen atoms in total. The number of carbonyl (C=O) groups is 1. The molecule has 1 aliphatic rings. The Labute approximate surface area is 135 Å². The summed E-state index contributed by atoms with van der Waals surface area (Å²) < 4.78 is 5.32. The number of aromatic nitrogens is 2. The van der Waals surface area contributed by atoms with Crippen molar-refractivity contribution in [3.8, 4) is 0 Å². The minimum Gasteiger partial charge on any atom is -0.378 e. The predicted molar refractivity (Wildman–Crippen MR) is 88.8 cm³/mol. The number of aryl methyl sites for hydroxylation is 1. The lowest BCUT2D eigenvalue weighted by Gasteiger charge is -2.27. The summed E-state index contributed by atoms with van der Waals surface area (Å²) in [5, 5.41) is 2.90. The van der Waals surface area contributed by atoms with E-state index in [1.165, 1.54) is 6.20 Å². The van der Waals surface area contributed by atoms with Gasteiger partial charge in [-0.25, -0.2) is 9.97 Å². The van der Waals surface area contributed by atoms with Gasteiger partial charge in [-0.2, -0.15) is 0 Å². The van der Waals surface area contributed by atoms with E-state index < -0.39 is 0 Å². The number of anilines is 2. The molecule has 1 aliphatic heterocycles. The van der Waals surface area contributed by atoms with E-state index in [9.17, 15) is 4.79 Å². The zero-order valence-corrected chi connectivity index (χ0v) is 13.2. The van der Waals surface area contributed by atoms with Crippen molar-refractivity contribution in [3.63, 3.8) is 0 Å². The fourth-order valence-corrected chi connectivity index (χ4v) is 2.53. The highest BCUT2D eigenvalue weighted by Gasteiger charge is 2.15. The first kappa shape index (κ1) is 15.4. The monoisotopic (exact) mass is 312 g/mol. The first-order chi connectivity index (χ1) is 11.3. The molecule has 2 heterocycles. The highest BCUT2D eigenvalue weighted by molar-refractivity contribution is 6.03. The molecule has 120 valence electrons. The highest BCUT2D eigenvalue weighted by Crippen LogP contribution is 2.17. The van der Waals surface area contributed by atoms with E-state index in [0.29, 0.717) is 18.9 Å². The van der Waals surface area contributed by atoms with Crippen LogP contribution in [0, 0.1) is 0 Å². The predicted octanol–water partition coefficient (Wildman–Crippen LogP) is 2.13. The second-order valence-corrected chi connectivity index (χ2v) is 5.32. The van der Waals surface area contributed by atoms with Gasteiger partial charge in [0.25, 0.3) is 5.91 Å². The molecule has 0 atom stereocenters. The molecular formula is C17H20N4O2. The van der Waals surface area contributed by atoms with Gasteiger partial charge in [0.2, 0.25) is 0 Å². The van der Waals surface area contributed by atoms with Gasteiger partial charge in [0.05, 0.1) is 25.6 Å². The summed E-state index contributed by atoms with van der Waals surface area (Å²) in [6.45, 7) is 5.03. The molecule has 1 fully saturated rings. The van der Waals surface area contributed by atoms with Gasteiger partial charge in [-0.3, -0.25) is 4.79 Å². The number of nitrogens with one attached hydrogen (secondary N) is 1. The van der Waals surface area contributed by atoms with Crippen molar-refractivity contribution in [1.29, 1.82) is 0 Å². The molecule has 3 rings (SSSR count). The summed E-state index contributed by atoms with van der Waals surface area (Å²) in [5.74, 6) is 0.533. The number of nitrogens with zero attached hydrogens (tertiary/aromatic N) is 3. The Morgan fingerprint density at radius 2 is 2.00 bits per heavy atom. The van der Waals surface area contributed by atoms with Crippen molar-refractivity contribution in [2.75, 3.05) is 36.5 Å². The number of morpholine rings is 1. The topological polar surface area (TPSA) is 67.4 Å². The molecule has 1 aromatic carbocycles. The number of carbonyl (C=O) groups excluding carboxylic acids is 1. The van der Waals surface area contributed by atoms with Crippen molar-refractivity contribution in [2.45, 2.75) is 13.3 Å². The Morgan fingerprint density at radius 1 is 1.22 bits per heavy atom. The molecule has 2 aromatic rings. The average molecular weight is 312 g/mol. The van der Waals surface area contributed by atoms with E-state index >= 15 is 0 Å². The minimum atomic E-state index is -0.244. The van der Waals surface area contributed by atoms with Gasteiger partial charge in [-0.05, 0) is 18.1 Å². The summed E-state index contributed by atoms with van der Waals surface area (Å²) in [4.78, 5) is 23.0. The molecule has 0 spiro atoms. The Hall–Kier alpha value is -2.47. The van der Waals surface area contributed by atoms with Crippen molar-refractivity contribution < 1.29 is 9.53 Å².